The van der Waals surface area contributed by atoms with Crippen molar-refractivity contribution in [3.05, 3.63) is 197 Å². The van der Waals surface area contributed by atoms with Gasteiger partial charge < -0.3 is 9.13 Å². The summed E-state index contributed by atoms with van der Waals surface area (Å²) in [6, 6.07) is 55.1. The van der Waals surface area contributed by atoms with Gasteiger partial charge >= 0.3 is 6.18 Å². The first-order valence-corrected chi connectivity index (χ1v) is 22.0. The first-order valence-electron chi connectivity index (χ1n) is 22.0. The van der Waals surface area contributed by atoms with Crippen LogP contribution in [0.5, 0.6) is 0 Å². The summed E-state index contributed by atoms with van der Waals surface area (Å²) in [5.74, 6) is 0. The maximum atomic E-state index is 15.2. The van der Waals surface area contributed by atoms with Crippen molar-refractivity contribution in [2.45, 2.75) is 58.5 Å². The quantitative estimate of drug-likeness (QED) is 0.159. The van der Waals surface area contributed by atoms with Crippen LogP contribution < -0.4 is 0 Å². The van der Waals surface area contributed by atoms with Crippen LogP contribution in [0.15, 0.2) is 164 Å². The number of rotatable bonds is 5. The molecule has 4 nitrogen and oxygen atoms in total. The van der Waals surface area contributed by atoms with Crippen LogP contribution in [0.1, 0.15) is 63.8 Å². The number of alkyl halides is 3. The van der Waals surface area contributed by atoms with Crippen molar-refractivity contribution in [1.82, 2.24) is 9.13 Å². The largest absolute Gasteiger partial charge is 0.415 e. The van der Waals surface area contributed by atoms with E-state index in [0.717, 1.165) is 83.1 Å². The Labute approximate surface area is 382 Å². The first kappa shape index (κ1) is 42.1. The Bertz CT molecular complexity index is 3460. The number of fused-ring (bicyclic) bond motifs is 6. The summed E-state index contributed by atoms with van der Waals surface area (Å²) < 4.78 is 49.7. The van der Waals surface area contributed by atoms with Crippen LogP contribution in [0.3, 0.4) is 0 Å². The molecule has 0 aliphatic heterocycles. The molecule has 10 rings (SSSR count). The summed E-state index contributed by atoms with van der Waals surface area (Å²) in [5.41, 5.74) is 9.05. The van der Waals surface area contributed by atoms with Crippen molar-refractivity contribution >= 4 is 49.3 Å². The predicted octanol–water partition coefficient (Wildman–Crippen LogP) is 16.9. The molecule has 66 heavy (non-hydrogen) atoms. The normalized spacial score (nSPS) is 12.3. The van der Waals surface area contributed by atoms with Gasteiger partial charge in [0.25, 0.3) is 0 Å². The molecule has 2 aromatic heterocycles. The molecular weight excluding hydrogens is 822 g/mol. The molecule has 0 spiro atoms. The molecule has 0 aliphatic rings. The second-order valence-corrected chi connectivity index (χ2v) is 19.1. The molecule has 8 aromatic carbocycles. The summed E-state index contributed by atoms with van der Waals surface area (Å²) in [5, 5.41) is 15.4. The Balaban J connectivity index is 1.38. The zero-order valence-corrected chi connectivity index (χ0v) is 37.5. The van der Waals surface area contributed by atoms with Crippen LogP contribution in [0.25, 0.3) is 93.2 Å². The number of hydrogen-bond acceptors (Lipinski definition) is 1. The van der Waals surface area contributed by atoms with Crippen LogP contribution in [-0.2, 0) is 17.0 Å². The van der Waals surface area contributed by atoms with Crippen LogP contribution in [0, 0.1) is 17.9 Å². The number of nitriles is 1. The third kappa shape index (κ3) is 7.00. The second-order valence-electron chi connectivity index (χ2n) is 19.1. The molecule has 322 valence electrons. The molecule has 0 unspecified atom stereocenters. The van der Waals surface area contributed by atoms with Crippen LogP contribution in [0.4, 0.5) is 18.9 Å². The topological polar surface area (TPSA) is 38.0 Å². The van der Waals surface area contributed by atoms with Gasteiger partial charge in [-0.25, -0.2) is 4.85 Å². The van der Waals surface area contributed by atoms with Gasteiger partial charge in [-0.1, -0.05) is 145 Å². The fraction of sp³-hybridized carbons (Fsp3) is 0.153. The lowest BCUT2D eigenvalue weighted by Crippen LogP contribution is -2.11. The van der Waals surface area contributed by atoms with Crippen molar-refractivity contribution in [3.8, 4) is 50.8 Å². The number of nitrogens with zero attached hydrogens (tertiary/aromatic N) is 4. The molecule has 0 saturated heterocycles. The average Bonchev–Trinajstić information content (AvgIpc) is 3.81. The predicted molar refractivity (Wildman–Crippen MR) is 265 cm³/mol. The molecule has 2 heterocycles. The SMILES string of the molecule is [C-]#[N+]c1cccc(C(F)(F)F)c1-c1cc(-n2c3ccc(-c4ccccc4)cc3c3cc(C(C)(C)C)ccc32)c(C#N)c(-n2c3ccc(-c4ccccc4)cc3c3cc(C(C)(C)C)ccc32)c1. The fourth-order valence-electron chi connectivity index (χ4n) is 9.52. The lowest BCUT2D eigenvalue weighted by molar-refractivity contribution is -0.137. The van der Waals surface area contributed by atoms with E-state index in [1.165, 1.54) is 12.1 Å². The molecule has 7 heteroatoms. The van der Waals surface area contributed by atoms with E-state index < -0.39 is 11.7 Å². The van der Waals surface area contributed by atoms with E-state index in [-0.39, 0.29) is 33.2 Å². The standard InChI is InChI=1S/C59H45F3N4/c1-57(2,3)41-23-27-52-45(33-41)43-29-38(36-15-10-8-11-16-36)21-25-50(43)65(52)54-31-40(56-48(59(60,61)62)19-14-20-49(56)64-7)32-55(47(54)35-63)66-51-26-22-39(37-17-12-9-13-18-37)30-44(51)46-34-42(58(4,5)6)24-28-53(46)66/h8-34H,1-6H3. The van der Waals surface area contributed by atoms with Crippen LogP contribution >= 0.6 is 0 Å². The maximum Gasteiger partial charge on any atom is 0.415 e. The van der Waals surface area contributed by atoms with Crippen molar-refractivity contribution in [3.63, 3.8) is 0 Å². The van der Waals surface area contributed by atoms with Gasteiger partial charge in [0, 0.05) is 21.5 Å². The Morgan fingerprint density at radius 3 is 1.29 bits per heavy atom. The summed E-state index contributed by atoms with van der Waals surface area (Å²) in [4.78, 5) is 3.66. The Hall–Kier alpha value is -7.87. The molecule has 0 aliphatic carbocycles. The van der Waals surface area contributed by atoms with Crippen LogP contribution in [0.2, 0.25) is 0 Å². The van der Waals surface area contributed by atoms with Gasteiger partial charge in [0.2, 0.25) is 0 Å². The van der Waals surface area contributed by atoms with Gasteiger partial charge in [-0.2, -0.15) is 18.4 Å². The summed E-state index contributed by atoms with van der Waals surface area (Å²) in [6.45, 7) is 21.1. The Morgan fingerprint density at radius 1 is 0.470 bits per heavy atom. The zero-order valence-electron chi connectivity index (χ0n) is 37.5. The van der Waals surface area contributed by atoms with Gasteiger partial charge in [0.1, 0.15) is 11.6 Å². The Kier molecular flexibility index (Phi) is 9.82. The number of benzene rings is 8. The molecule has 0 N–H and O–H groups in total. The van der Waals surface area contributed by atoms with E-state index in [2.05, 4.69) is 137 Å². The van der Waals surface area contributed by atoms with E-state index in [0.29, 0.717) is 11.4 Å². The van der Waals surface area contributed by atoms with E-state index in [9.17, 15) is 5.26 Å². The summed E-state index contributed by atoms with van der Waals surface area (Å²) >= 11 is 0. The molecule has 0 saturated carbocycles. The monoisotopic (exact) mass is 866 g/mol. The number of hydrogen-bond donors (Lipinski definition) is 0. The molecule has 0 bridgehead atoms. The highest BCUT2D eigenvalue weighted by atomic mass is 19.4. The van der Waals surface area contributed by atoms with E-state index >= 15 is 13.2 Å². The minimum atomic E-state index is -4.78. The lowest BCUT2D eigenvalue weighted by Gasteiger charge is -2.22. The molecular formula is C59H45F3N4. The number of halogens is 3. The van der Waals surface area contributed by atoms with Gasteiger partial charge in [0.15, 0.2) is 5.69 Å². The smallest absolute Gasteiger partial charge is 0.308 e. The second kappa shape index (κ2) is 15.4. The van der Waals surface area contributed by atoms with Crippen LogP contribution in [-0.4, -0.2) is 9.13 Å². The van der Waals surface area contributed by atoms with Crippen molar-refractivity contribution in [2.75, 3.05) is 0 Å². The van der Waals surface area contributed by atoms with Gasteiger partial charge in [0.05, 0.1) is 45.6 Å². The summed E-state index contributed by atoms with van der Waals surface area (Å²) in [7, 11) is 0. The van der Waals surface area contributed by atoms with E-state index in [4.69, 9.17) is 6.57 Å². The third-order valence-electron chi connectivity index (χ3n) is 12.9. The zero-order chi connectivity index (χ0) is 46.3. The van der Waals surface area contributed by atoms with Gasteiger partial charge in [-0.05, 0) is 116 Å². The van der Waals surface area contributed by atoms with Gasteiger partial charge in [-0.15, -0.1) is 0 Å². The highest BCUT2D eigenvalue weighted by molar-refractivity contribution is 6.13. The van der Waals surface area contributed by atoms with E-state index in [1.807, 2.05) is 57.7 Å². The van der Waals surface area contributed by atoms with Crippen molar-refractivity contribution < 1.29 is 13.2 Å². The Morgan fingerprint density at radius 2 is 0.894 bits per heavy atom. The highest BCUT2D eigenvalue weighted by Crippen LogP contribution is 2.47. The first-order chi connectivity index (χ1) is 31.5. The molecule has 10 aromatic rings. The highest BCUT2D eigenvalue weighted by Gasteiger charge is 2.35. The third-order valence-corrected chi connectivity index (χ3v) is 12.9. The molecule has 0 atom stereocenters. The van der Waals surface area contributed by atoms with Gasteiger partial charge in [-0.3, -0.25) is 0 Å². The summed E-state index contributed by atoms with van der Waals surface area (Å²) in [6.07, 6.45) is -4.78. The number of aromatic nitrogens is 2. The van der Waals surface area contributed by atoms with Crippen molar-refractivity contribution in [2.24, 2.45) is 0 Å². The molecule has 0 fully saturated rings. The minimum absolute atomic E-state index is 0.138. The van der Waals surface area contributed by atoms with Crippen molar-refractivity contribution in [1.29, 1.82) is 5.26 Å². The lowest BCUT2D eigenvalue weighted by atomic mass is 9.86. The maximum absolute atomic E-state index is 15.2. The minimum Gasteiger partial charge on any atom is -0.308 e. The molecule has 0 amide bonds. The average molecular weight is 867 g/mol. The van der Waals surface area contributed by atoms with E-state index in [1.54, 1.807) is 12.1 Å². The molecule has 0 radical (unpaired) electrons. The fourth-order valence-corrected chi connectivity index (χ4v) is 9.52.